The first-order valence-corrected chi connectivity index (χ1v) is 7.94. The molecule has 1 heterocycles. The summed E-state index contributed by atoms with van der Waals surface area (Å²) >= 11 is 18.0. The predicted octanol–water partition coefficient (Wildman–Crippen LogP) is 3.97. The van der Waals surface area contributed by atoms with Gasteiger partial charge in [-0.25, -0.2) is 0 Å². The van der Waals surface area contributed by atoms with Gasteiger partial charge in [-0.1, -0.05) is 34.8 Å². The molecule has 1 aliphatic rings. The third kappa shape index (κ3) is 3.50. The summed E-state index contributed by atoms with van der Waals surface area (Å²) in [5.74, 6) is 1.47. The third-order valence-corrected chi connectivity index (χ3v) is 4.94. The van der Waals surface area contributed by atoms with Gasteiger partial charge in [0.25, 0.3) is 0 Å². The van der Waals surface area contributed by atoms with E-state index in [1.807, 2.05) is 0 Å². The van der Waals surface area contributed by atoms with Crippen molar-refractivity contribution in [2.24, 2.45) is 0 Å². The fourth-order valence-corrected chi connectivity index (χ4v) is 4.05. The molecule has 0 amide bonds. The van der Waals surface area contributed by atoms with E-state index in [4.69, 9.17) is 34.8 Å². The van der Waals surface area contributed by atoms with Gasteiger partial charge in [-0.3, -0.25) is 4.21 Å². The maximum Gasteiger partial charge on any atom is 0.0722 e. The van der Waals surface area contributed by atoms with Crippen molar-refractivity contribution in [3.8, 4) is 0 Å². The first kappa shape index (κ1) is 13.5. The minimum absolute atomic E-state index is 0.281. The molecule has 1 aromatic rings. The van der Waals surface area contributed by atoms with Crippen molar-refractivity contribution in [3.05, 3.63) is 27.2 Å². The van der Waals surface area contributed by atoms with Crippen LogP contribution in [0.1, 0.15) is 12.8 Å². The van der Waals surface area contributed by atoms with E-state index < -0.39 is 10.8 Å². The van der Waals surface area contributed by atoms with E-state index in [1.54, 1.807) is 12.1 Å². The molecule has 1 saturated heterocycles. The van der Waals surface area contributed by atoms with Crippen molar-refractivity contribution in [2.75, 3.05) is 16.8 Å². The number of benzene rings is 1. The van der Waals surface area contributed by atoms with E-state index in [0.29, 0.717) is 15.1 Å². The van der Waals surface area contributed by atoms with E-state index in [0.717, 1.165) is 30.0 Å². The van der Waals surface area contributed by atoms with E-state index in [1.165, 1.54) is 0 Å². The van der Waals surface area contributed by atoms with Crippen molar-refractivity contribution in [1.82, 2.24) is 0 Å². The maximum atomic E-state index is 11.3. The molecule has 2 rings (SSSR count). The van der Waals surface area contributed by atoms with Crippen LogP contribution in [0, 0.1) is 0 Å². The summed E-state index contributed by atoms with van der Waals surface area (Å²) in [6, 6.07) is 3.61. The molecule has 0 aliphatic carbocycles. The second-order valence-corrected chi connectivity index (χ2v) is 6.96. The Morgan fingerprint density at radius 1 is 1.12 bits per heavy atom. The Hall–Kier alpha value is 0.0400. The average molecular weight is 313 g/mol. The fourth-order valence-electron chi connectivity index (χ4n) is 1.82. The van der Waals surface area contributed by atoms with Gasteiger partial charge in [0, 0.05) is 33.4 Å². The lowest BCUT2D eigenvalue weighted by atomic mass is 10.1. The fraction of sp³-hybridized carbons (Fsp3) is 0.455. The van der Waals surface area contributed by atoms with E-state index in [9.17, 15) is 4.21 Å². The molecule has 0 radical (unpaired) electrons. The Balaban J connectivity index is 2.11. The van der Waals surface area contributed by atoms with Gasteiger partial charge in [0.05, 0.1) is 15.7 Å². The molecule has 1 aliphatic heterocycles. The molecule has 0 unspecified atom stereocenters. The zero-order chi connectivity index (χ0) is 12.4. The minimum atomic E-state index is -0.660. The van der Waals surface area contributed by atoms with Crippen LogP contribution >= 0.6 is 34.8 Å². The SMILES string of the molecule is O=S1CCC(Nc2c(Cl)cc(Cl)cc2Cl)CC1. The monoisotopic (exact) mass is 311 g/mol. The van der Waals surface area contributed by atoms with Crippen LogP contribution in [0.15, 0.2) is 12.1 Å². The lowest BCUT2D eigenvalue weighted by molar-refractivity contribution is 0.624. The van der Waals surface area contributed by atoms with Crippen LogP contribution in [0.25, 0.3) is 0 Å². The van der Waals surface area contributed by atoms with Crippen LogP contribution in [0.4, 0.5) is 5.69 Å². The highest BCUT2D eigenvalue weighted by molar-refractivity contribution is 7.85. The summed E-state index contributed by atoms with van der Waals surface area (Å²) in [5.41, 5.74) is 0.718. The van der Waals surface area contributed by atoms with Gasteiger partial charge in [-0.05, 0) is 25.0 Å². The standard InChI is InChI=1S/C11H12Cl3NOS/c12-7-5-9(13)11(10(14)6-7)15-8-1-3-17(16)4-2-8/h5-6,8,15H,1-4H2. The molecule has 17 heavy (non-hydrogen) atoms. The van der Waals surface area contributed by atoms with E-state index >= 15 is 0 Å². The molecule has 0 bridgehead atoms. The van der Waals surface area contributed by atoms with Crippen LogP contribution in [-0.2, 0) is 10.8 Å². The van der Waals surface area contributed by atoms with Crippen LogP contribution in [-0.4, -0.2) is 21.8 Å². The zero-order valence-electron chi connectivity index (χ0n) is 9.01. The predicted molar refractivity (Wildman–Crippen MR) is 76.0 cm³/mol. The Morgan fingerprint density at radius 2 is 1.65 bits per heavy atom. The van der Waals surface area contributed by atoms with Gasteiger partial charge in [0.15, 0.2) is 0 Å². The van der Waals surface area contributed by atoms with E-state index in [2.05, 4.69) is 5.32 Å². The Bertz CT molecular complexity index is 419. The molecule has 1 N–H and O–H groups in total. The molecule has 2 nitrogen and oxygen atoms in total. The van der Waals surface area contributed by atoms with Crippen molar-refractivity contribution >= 4 is 51.3 Å². The molecular formula is C11H12Cl3NOS. The van der Waals surface area contributed by atoms with Crippen LogP contribution in [0.5, 0.6) is 0 Å². The number of rotatable bonds is 2. The summed E-state index contributed by atoms with van der Waals surface area (Å²) < 4.78 is 11.3. The highest BCUT2D eigenvalue weighted by Gasteiger charge is 2.19. The molecule has 0 aromatic heterocycles. The molecule has 1 aromatic carbocycles. The van der Waals surface area contributed by atoms with Gasteiger partial charge in [0.1, 0.15) is 0 Å². The number of hydrogen-bond donors (Lipinski definition) is 1. The smallest absolute Gasteiger partial charge is 0.0722 e. The number of anilines is 1. The summed E-state index contributed by atoms with van der Waals surface area (Å²) in [5, 5.41) is 4.88. The summed E-state index contributed by atoms with van der Waals surface area (Å²) in [4.78, 5) is 0. The molecular weight excluding hydrogens is 301 g/mol. The average Bonchev–Trinajstić information content (AvgIpc) is 2.26. The van der Waals surface area contributed by atoms with Gasteiger partial charge in [-0.2, -0.15) is 0 Å². The summed E-state index contributed by atoms with van der Waals surface area (Å²) in [6.07, 6.45) is 1.75. The molecule has 0 atom stereocenters. The zero-order valence-corrected chi connectivity index (χ0v) is 12.1. The maximum absolute atomic E-state index is 11.3. The second-order valence-electron chi connectivity index (χ2n) is 4.01. The largest absolute Gasteiger partial charge is 0.380 e. The van der Waals surface area contributed by atoms with Crippen molar-refractivity contribution in [3.63, 3.8) is 0 Å². The molecule has 0 spiro atoms. The van der Waals surface area contributed by atoms with Gasteiger partial charge < -0.3 is 5.32 Å². The minimum Gasteiger partial charge on any atom is -0.380 e. The third-order valence-electron chi connectivity index (χ3n) is 2.74. The lowest BCUT2D eigenvalue weighted by Gasteiger charge is -2.24. The van der Waals surface area contributed by atoms with Crippen LogP contribution < -0.4 is 5.32 Å². The first-order chi connectivity index (χ1) is 8.06. The number of hydrogen-bond acceptors (Lipinski definition) is 2. The van der Waals surface area contributed by atoms with Crippen molar-refractivity contribution < 1.29 is 4.21 Å². The normalized spacial score (nSPS) is 24.6. The molecule has 0 saturated carbocycles. The Labute approximate surface area is 118 Å². The summed E-state index contributed by atoms with van der Waals surface area (Å²) in [6.45, 7) is 0. The quantitative estimate of drug-likeness (QED) is 0.895. The van der Waals surface area contributed by atoms with Gasteiger partial charge >= 0.3 is 0 Å². The van der Waals surface area contributed by atoms with Gasteiger partial charge in [0.2, 0.25) is 0 Å². The van der Waals surface area contributed by atoms with Crippen molar-refractivity contribution in [1.29, 1.82) is 0 Å². The Kier molecular flexibility index (Phi) is 4.59. The second kappa shape index (κ2) is 5.79. The molecule has 6 heteroatoms. The Morgan fingerprint density at radius 3 is 2.18 bits per heavy atom. The molecule has 94 valence electrons. The van der Waals surface area contributed by atoms with Gasteiger partial charge in [-0.15, -0.1) is 0 Å². The molecule has 1 fully saturated rings. The first-order valence-electron chi connectivity index (χ1n) is 5.32. The number of halogens is 3. The van der Waals surface area contributed by atoms with Crippen LogP contribution in [0.3, 0.4) is 0 Å². The van der Waals surface area contributed by atoms with Crippen molar-refractivity contribution in [2.45, 2.75) is 18.9 Å². The van der Waals surface area contributed by atoms with Crippen LogP contribution in [0.2, 0.25) is 15.1 Å². The number of nitrogens with one attached hydrogen (secondary N) is 1. The van der Waals surface area contributed by atoms with E-state index in [-0.39, 0.29) is 6.04 Å². The highest BCUT2D eigenvalue weighted by atomic mass is 35.5. The highest BCUT2D eigenvalue weighted by Crippen LogP contribution is 2.34. The topological polar surface area (TPSA) is 29.1 Å². The lowest BCUT2D eigenvalue weighted by Crippen LogP contribution is -2.29. The summed E-state index contributed by atoms with van der Waals surface area (Å²) in [7, 11) is -0.660.